The van der Waals surface area contributed by atoms with Crippen LogP contribution >= 0.6 is 27.3 Å². The third-order valence-electron chi connectivity index (χ3n) is 1.13. The summed E-state index contributed by atoms with van der Waals surface area (Å²) in [5.74, 6) is 0. The van der Waals surface area contributed by atoms with Gasteiger partial charge in [-0.25, -0.2) is 4.39 Å². The molecule has 0 amide bonds. The van der Waals surface area contributed by atoms with Gasteiger partial charge in [0.05, 0.1) is 3.79 Å². The Kier molecular flexibility index (Phi) is 2.77. The zero-order chi connectivity index (χ0) is 9.35. The molecule has 0 aliphatic rings. The van der Waals surface area contributed by atoms with Crippen molar-refractivity contribution in [2.24, 2.45) is 0 Å². The Labute approximate surface area is 78.3 Å². The van der Waals surface area contributed by atoms with E-state index in [2.05, 4.69) is 15.9 Å². The summed E-state index contributed by atoms with van der Waals surface area (Å²) in [6.45, 7) is 0. The zero-order valence-corrected chi connectivity index (χ0v) is 7.93. The summed E-state index contributed by atoms with van der Waals surface area (Å²) in [6, 6.07) is 2.51. The topological polar surface area (TPSA) is 0 Å². The highest BCUT2D eigenvalue weighted by Crippen LogP contribution is 2.39. The number of rotatable bonds is 1. The van der Waals surface area contributed by atoms with Crippen LogP contribution in [0.5, 0.6) is 0 Å². The van der Waals surface area contributed by atoms with Crippen molar-refractivity contribution >= 4 is 27.3 Å². The standard InChI is InChI=1S/C6H3BrF4S/c7-4-2-1-3(12-4)5(8)6(9,10)11/h1-2,5H. The first kappa shape index (κ1) is 9.98. The van der Waals surface area contributed by atoms with Gasteiger partial charge in [-0.3, -0.25) is 0 Å². The first-order valence-corrected chi connectivity index (χ1v) is 4.48. The normalized spacial score (nSPS) is 14.8. The molecule has 0 aliphatic carbocycles. The SMILES string of the molecule is FC(c1ccc(Br)s1)C(F)(F)F. The number of thiophene rings is 1. The number of alkyl halides is 4. The Morgan fingerprint density at radius 2 is 1.92 bits per heavy atom. The minimum Gasteiger partial charge on any atom is -0.231 e. The predicted molar refractivity (Wildman–Crippen MR) is 41.9 cm³/mol. The molecule has 1 atom stereocenters. The van der Waals surface area contributed by atoms with E-state index < -0.39 is 12.3 Å². The summed E-state index contributed by atoms with van der Waals surface area (Å²) in [5.41, 5.74) is 0. The van der Waals surface area contributed by atoms with Crippen molar-refractivity contribution in [1.82, 2.24) is 0 Å². The van der Waals surface area contributed by atoms with Gasteiger partial charge in [-0.05, 0) is 28.1 Å². The quantitative estimate of drug-likeness (QED) is 0.669. The van der Waals surface area contributed by atoms with Crippen LogP contribution in [0.1, 0.15) is 11.0 Å². The first-order chi connectivity index (χ1) is 5.41. The molecule has 0 spiro atoms. The lowest BCUT2D eigenvalue weighted by Gasteiger charge is -2.09. The van der Waals surface area contributed by atoms with E-state index in [1.165, 1.54) is 6.07 Å². The summed E-state index contributed by atoms with van der Waals surface area (Å²) in [7, 11) is 0. The number of hydrogen-bond acceptors (Lipinski definition) is 1. The monoisotopic (exact) mass is 262 g/mol. The molecular formula is C6H3BrF4S. The van der Waals surface area contributed by atoms with Crippen molar-refractivity contribution in [3.63, 3.8) is 0 Å². The lowest BCUT2D eigenvalue weighted by molar-refractivity contribution is -0.181. The molecule has 1 rings (SSSR count). The van der Waals surface area contributed by atoms with Crippen LogP contribution in [0.3, 0.4) is 0 Å². The van der Waals surface area contributed by atoms with Crippen molar-refractivity contribution in [1.29, 1.82) is 0 Å². The van der Waals surface area contributed by atoms with E-state index in [4.69, 9.17) is 0 Å². The van der Waals surface area contributed by atoms with Crippen molar-refractivity contribution < 1.29 is 17.6 Å². The third kappa shape index (κ3) is 2.20. The Bertz CT molecular complexity index is 267. The fourth-order valence-corrected chi connectivity index (χ4v) is 2.05. The molecule has 0 aromatic carbocycles. The van der Waals surface area contributed by atoms with Gasteiger partial charge in [0.25, 0.3) is 0 Å². The van der Waals surface area contributed by atoms with Crippen LogP contribution in [0.15, 0.2) is 15.9 Å². The highest BCUT2D eigenvalue weighted by molar-refractivity contribution is 9.11. The maximum Gasteiger partial charge on any atom is 0.424 e. The second kappa shape index (κ2) is 3.33. The summed E-state index contributed by atoms with van der Waals surface area (Å²) in [5, 5.41) is 0. The minimum atomic E-state index is -4.80. The summed E-state index contributed by atoms with van der Waals surface area (Å²) >= 11 is 3.70. The molecule has 0 nitrogen and oxygen atoms in total. The van der Waals surface area contributed by atoms with E-state index in [1.54, 1.807) is 0 Å². The van der Waals surface area contributed by atoms with Crippen LogP contribution in [0.2, 0.25) is 0 Å². The van der Waals surface area contributed by atoms with E-state index in [-0.39, 0.29) is 4.88 Å². The lowest BCUT2D eigenvalue weighted by Crippen LogP contribution is -2.15. The molecule has 0 radical (unpaired) electrons. The summed E-state index contributed by atoms with van der Waals surface area (Å²) in [6.07, 6.45) is -7.67. The Morgan fingerprint density at radius 1 is 1.33 bits per heavy atom. The molecular weight excluding hydrogens is 260 g/mol. The maximum absolute atomic E-state index is 12.5. The van der Waals surface area contributed by atoms with Crippen LogP contribution in [0.4, 0.5) is 17.6 Å². The molecule has 0 fully saturated rings. The fourth-order valence-electron chi connectivity index (χ4n) is 0.626. The molecule has 0 N–H and O–H groups in total. The van der Waals surface area contributed by atoms with Gasteiger partial charge in [0, 0.05) is 4.88 Å². The molecule has 1 aromatic rings. The van der Waals surface area contributed by atoms with E-state index in [0.717, 1.165) is 17.4 Å². The van der Waals surface area contributed by atoms with E-state index in [1.807, 2.05) is 0 Å². The predicted octanol–water partition coefficient (Wildman–Crippen LogP) is 4.08. The van der Waals surface area contributed by atoms with E-state index in [9.17, 15) is 17.6 Å². The Morgan fingerprint density at radius 3 is 2.25 bits per heavy atom. The van der Waals surface area contributed by atoms with Gasteiger partial charge in [0.1, 0.15) is 0 Å². The van der Waals surface area contributed by atoms with Gasteiger partial charge >= 0.3 is 6.18 Å². The second-order valence-electron chi connectivity index (χ2n) is 2.05. The molecule has 12 heavy (non-hydrogen) atoms. The highest BCUT2D eigenvalue weighted by atomic mass is 79.9. The average molecular weight is 263 g/mol. The van der Waals surface area contributed by atoms with Gasteiger partial charge in [0.2, 0.25) is 6.17 Å². The zero-order valence-electron chi connectivity index (χ0n) is 5.53. The fraction of sp³-hybridized carbons (Fsp3) is 0.333. The smallest absolute Gasteiger partial charge is 0.231 e. The Balaban J connectivity index is 2.85. The van der Waals surface area contributed by atoms with Crippen LogP contribution in [-0.4, -0.2) is 6.18 Å². The van der Waals surface area contributed by atoms with Crippen molar-refractivity contribution in [2.45, 2.75) is 12.3 Å². The maximum atomic E-state index is 12.5. The van der Waals surface area contributed by atoms with Gasteiger partial charge < -0.3 is 0 Å². The van der Waals surface area contributed by atoms with Gasteiger partial charge in [-0.15, -0.1) is 11.3 Å². The van der Waals surface area contributed by atoms with Crippen molar-refractivity contribution in [3.05, 3.63) is 20.8 Å². The van der Waals surface area contributed by atoms with Gasteiger partial charge in [-0.2, -0.15) is 13.2 Å². The van der Waals surface area contributed by atoms with Crippen LogP contribution < -0.4 is 0 Å². The average Bonchev–Trinajstić information content (AvgIpc) is 2.32. The third-order valence-corrected chi connectivity index (χ3v) is 2.79. The van der Waals surface area contributed by atoms with Crippen LogP contribution in [0.25, 0.3) is 0 Å². The molecule has 1 aromatic heterocycles. The lowest BCUT2D eigenvalue weighted by atomic mass is 10.3. The number of hydrogen-bond donors (Lipinski definition) is 0. The molecule has 68 valence electrons. The minimum absolute atomic E-state index is 0.325. The Hall–Kier alpha value is -0.100. The van der Waals surface area contributed by atoms with E-state index >= 15 is 0 Å². The molecule has 0 saturated heterocycles. The van der Waals surface area contributed by atoms with E-state index in [0.29, 0.717) is 3.79 Å². The molecule has 1 unspecified atom stereocenters. The molecule has 0 bridgehead atoms. The largest absolute Gasteiger partial charge is 0.424 e. The molecule has 0 saturated carbocycles. The molecule has 0 aliphatic heterocycles. The number of halogens is 5. The van der Waals surface area contributed by atoms with Gasteiger partial charge in [0.15, 0.2) is 0 Å². The molecule has 6 heteroatoms. The first-order valence-electron chi connectivity index (χ1n) is 2.87. The van der Waals surface area contributed by atoms with Crippen LogP contribution in [0, 0.1) is 0 Å². The summed E-state index contributed by atoms with van der Waals surface area (Å²) in [4.78, 5) is -0.325. The highest BCUT2D eigenvalue weighted by Gasteiger charge is 2.42. The molecule has 1 heterocycles. The van der Waals surface area contributed by atoms with Crippen LogP contribution in [-0.2, 0) is 0 Å². The van der Waals surface area contributed by atoms with Gasteiger partial charge in [-0.1, -0.05) is 0 Å². The summed E-state index contributed by atoms with van der Waals surface area (Å²) < 4.78 is 48.3. The van der Waals surface area contributed by atoms with Crippen molar-refractivity contribution in [2.75, 3.05) is 0 Å². The van der Waals surface area contributed by atoms with Crippen molar-refractivity contribution in [3.8, 4) is 0 Å². The second-order valence-corrected chi connectivity index (χ2v) is 4.54.